The summed E-state index contributed by atoms with van der Waals surface area (Å²) in [6.45, 7) is 4.11. The summed E-state index contributed by atoms with van der Waals surface area (Å²) in [5, 5.41) is 1.01. The van der Waals surface area contributed by atoms with Gasteiger partial charge in [-0.25, -0.2) is 4.39 Å². The summed E-state index contributed by atoms with van der Waals surface area (Å²) < 4.78 is 16.1. The van der Waals surface area contributed by atoms with E-state index in [-0.39, 0.29) is 11.7 Å². The van der Waals surface area contributed by atoms with Gasteiger partial charge in [0.05, 0.1) is 6.54 Å². The fraction of sp³-hybridized carbons (Fsp3) is 0.286. The molecule has 1 fully saturated rings. The van der Waals surface area contributed by atoms with Crippen molar-refractivity contribution in [1.29, 1.82) is 0 Å². The number of benzene rings is 2. The van der Waals surface area contributed by atoms with Crippen molar-refractivity contribution in [3.63, 3.8) is 0 Å². The molecule has 1 amide bonds. The topological polar surface area (TPSA) is 25.2 Å². The lowest BCUT2D eigenvalue weighted by molar-refractivity contribution is 0.0778. The zero-order valence-corrected chi connectivity index (χ0v) is 14.3. The summed E-state index contributed by atoms with van der Waals surface area (Å²) in [6.07, 6.45) is 1.04. The van der Waals surface area contributed by atoms with E-state index in [0.29, 0.717) is 23.7 Å². The van der Waals surface area contributed by atoms with Crippen molar-refractivity contribution in [1.82, 2.24) is 9.47 Å². The van der Waals surface area contributed by atoms with Crippen LogP contribution in [-0.2, 0) is 6.54 Å². The molecule has 1 atom stereocenters. The molecular weight excluding hydrogens is 315 g/mol. The van der Waals surface area contributed by atoms with Gasteiger partial charge in [-0.05, 0) is 30.5 Å². The normalized spacial score (nSPS) is 17.4. The summed E-state index contributed by atoms with van der Waals surface area (Å²) in [7, 11) is 0. The molecule has 0 aliphatic carbocycles. The van der Waals surface area contributed by atoms with Crippen molar-refractivity contribution in [3.05, 3.63) is 71.7 Å². The molecule has 1 saturated heterocycles. The number of para-hydroxylation sites is 1. The molecule has 3 nitrogen and oxygen atoms in total. The summed E-state index contributed by atoms with van der Waals surface area (Å²) >= 11 is 0. The lowest BCUT2D eigenvalue weighted by Crippen LogP contribution is -2.30. The third-order valence-corrected chi connectivity index (χ3v) is 5.03. The number of amides is 1. The second-order valence-electron chi connectivity index (χ2n) is 6.91. The zero-order chi connectivity index (χ0) is 17.4. The van der Waals surface area contributed by atoms with Gasteiger partial charge < -0.3 is 9.47 Å². The van der Waals surface area contributed by atoms with E-state index >= 15 is 0 Å². The highest BCUT2D eigenvalue weighted by atomic mass is 19.1. The van der Waals surface area contributed by atoms with Gasteiger partial charge in [-0.15, -0.1) is 0 Å². The van der Waals surface area contributed by atoms with Crippen LogP contribution in [0.25, 0.3) is 10.9 Å². The number of aromatic nitrogens is 1. The maximum Gasteiger partial charge on any atom is 0.270 e. The molecule has 1 aliphatic heterocycles. The van der Waals surface area contributed by atoms with Crippen LogP contribution in [0.1, 0.15) is 29.4 Å². The standard InChI is InChI=1S/C21H21FN2O/c1-15-10-11-23(13-15)21(25)20-12-16-6-3-5-9-19(16)24(20)14-17-7-2-4-8-18(17)22/h2-9,12,15H,10-11,13-14H2,1H3. The minimum absolute atomic E-state index is 0.0388. The van der Waals surface area contributed by atoms with Gasteiger partial charge in [0.15, 0.2) is 0 Å². The Kier molecular flexibility index (Phi) is 4.04. The molecule has 128 valence electrons. The summed E-state index contributed by atoms with van der Waals surface area (Å²) in [5.41, 5.74) is 2.19. The minimum Gasteiger partial charge on any atom is -0.337 e. The highest BCUT2D eigenvalue weighted by Crippen LogP contribution is 2.25. The molecule has 3 aromatic rings. The van der Waals surface area contributed by atoms with Crippen LogP contribution >= 0.6 is 0 Å². The Morgan fingerprint density at radius 2 is 1.92 bits per heavy atom. The van der Waals surface area contributed by atoms with Crippen LogP contribution in [0.5, 0.6) is 0 Å². The van der Waals surface area contributed by atoms with Gasteiger partial charge in [-0.3, -0.25) is 4.79 Å². The van der Waals surface area contributed by atoms with Crippen molar-refractivity contribution in [3.8, 4) is 0 Å². The largest absolute Gasteiger partial charge is 0.337 e. The quantitative estimate of drug-likeness (QED) is 0.700. The Bertz CT molecular complexity index is 931. The molecule has 25 heavy (non-hydrogen) atoms. The lowest BCUT2D eigenvalue weighted by Gasteiger charge is -2.18. The van der Waals surface area contributed by atoms with Crippen LogP contribution in [0.2, 0.25) is 0 Å². The maximum atomic E-state index is 14.2. The monoisotopic (exact) mass is 336 g/mol. The summed E-state index contributed by atoms with van der Waals surface area (Å²) in [4.78, 5) is 15.0. The van der Waals surface area contributed by atoms with Crippen LogP contribution in [0.4, 0.5) is 4.39 Å². The highest BCUT2D eigenvalue weighted by molar-refractivity contribution is 5.99. The van der Waals surface area contributed by atoms with Crippen LogP contribution < -0.4 is 0 Å². The van der Waals surface area contributed by atoms with Crippen molar-refractivity contribution >= 4 is 16.8 Å². The van der Waals surface area contributed by atoms with E-state index in [1.165, 1.54) is 6.07 Å². The van der Waals surface area contributed by atoms with E-state index < -0.39 is 0 Å². The molecule has 2 aromatic carbocycles. The molecule has 0 saturated carbocycles. The third kappa shape index (κ3) is 2.93. The summed E-state index contributed by atoms with van der Waals surface area (Å²) in [6, 6.07) is 16.6. The number of hydrogen-bond acceptors (Lipinski definition) is 1. The van der Waals surface area contributed by atoms with Crippen molar-refractivity contribution < 1.29 is 9.18 Å². The van der Waals surface area contributed by atoms with E-state index in [1.807, 2.05) is 45.9 Å². The van der Waals surface area contributed by atoms with Crippen molar-refractivity contribution in [2.45, 2.75) is 19.9 Å². The second-order valence-corrected chi connectivity index (χ2v) is 6.91. The first-order valence-electron chi connectivity index (χ1n) is 8.74. The molecule has 0 radical (unpaired) electrons. The van der Waals surface area contributed by atoms with Crippen molar-refractivity contribution in [2.75, 3.05) is 13.1 Å². The third-order valence-electron chi connectivity index (χ3n) is 5.03. The fourth-order valence-electron chi connectivity index (χ4n) is 3.64. The lowest BCUT2D eigenvalue weighted by atomic mass is 10.2. The molecule has 0 N–H and O–H groups in total. The van der Waals surface area contributed by atoms with E-state index in [2.05, 4.69) is 6.92 Å². The van der Waals surface area contributed by atoms with Gasteiger partial charge in [0.25, 0.3) is 5.91 Å². The molecule has 2 heterocycles. The molecule has 0 bridgehead atoms. The van der Waals surface area contributed by atoms with E-state index in [0.717, 1.165) is 30.4 Å². The Labute approximate surface area is 146 Å². The average Bonchev–Trinajstić information content (AvgIpc) is 3.21. The molecular formula is C21H21FN2O. The molecule has 0 spiro atoms. The van der Waals surface area contributed by atoms with Gasteiger partial charge >= 0.3 is 0 Å². The van der Waals surface area contributed by atoms with Gasteiger partial charge in [0.2, 0.25) is 0 Å². The number of halogens is 1. The zero-order valence-electron chi connectivity index (χ0n) is 14.3. The number of carbonyl (C=O) groups is 1. The van der Waals surface area contributed by atoms with E-state index in [9.17, 15) is 9.18 Å². The number of hydrogen-bond donors (Lipinski definition) is 0. The van der Waals surface area contributed by atoms with E-state index in [1.54, 1.807) is 12.1 Å². The average molecular weight is 336 g/mol. The number of fused-ring (bicyclic) bond motifs is 1. The number of carbonyl (C=O) groups excluding carboxylic acids is 1. The Morgan fingerprint density at radius 1 is 1.16 bits per heavy atom. The van der Waals surface area contributed by atoms with Gasteiger partial charge in [-0.2, -0.15) is 0 Å². The van der Waals surface area contributed by atoms with Crippen LogP contribution in [0.3, 0.4) is 0 Å². The summed E-state index contributed by atoms with van der Waals surface area (Å²) in [5.74, 6) is 0.332. The second kappa shape index (κ2) is 6.36. The SMILES string of the molecule is CC1CCN(C(=O)c2cc3ccccc3n2Cc2ccccc2F)C1. The maximum absolute atomic E-state index is 14.2. The smallest absolute Gasteiger partial charge is 0.270 e. The Balaban J connectivity index is 1.78. The molecule has 1 aliphatic rings. The number of likely N-dealkylation sites (tertiary alicyclic amines) is 1. The van der Waals surface area contributed by atoms with Crippen LogP contribution in [-0.4, -0.2) is 28.5 Å². The van der Waals surface area contributed by atoms with Crippen LogP contribution in [0.15, 0.2) is 54.6 Å². The fourth-order valence-corrected chi connectivity index (χ4v) is 3.64. The molecule has 1 unspecified atom stereocenters. The molecule has 4 heteroatoms. The first-order valence-corrected chi connectivity index (χ1v) is 8.74. The Hall–Kier alpha value is -2.62. The number of nitrogens with zero attached hydrogens (tertiary/aromatic N) is 2. The van der Waals surface area contributed by atoms with Crippen molar-refractivity contribution in [2.24, 2.45) is 5.92 Å². The Morgan fingerprint density at radius 3 is 2.68 bits per heavy atom. The predicted octanol–water partition coefficient (Wildman–Crippen LogP) is 4.31. The minimum atomic E-state index is -0.242. The highest BCUT2D eigenvalue weighted by Gasteiger charge is 2.27. The molecule has 4 rings (SSSR count). The first kappa shape index (κ1) is 15.9. The van der Waals surface area contributed by atoms with E-state index in [4.69, 9.17) is 0 Å². The molecule has 1 aromatic heterocycles. The van der Waals surface area contributed by atoms with Gasteiger partial charge in [-0.1, -0.05) is 43.3 Å². The first-order chi connectivity index (χ1) is 12.1. The van der Waals surface area contributed by atoms with Gasteiger partial charge in [0.1, 0.15) is 11.5 Å². The predicted molar refractivity (Wildman–Crippen MR) is 97.1 cm³/mol. The van der Waals surface area contributed by atoms with Crippen LogP contribution in [0, 0.1) is 11.7 Å². The number of rotatable bonds is 3. The van der Waals surface area contributed by atoms with Gasteiger partial charge in [0, 0.05) is 29.6 Å².